The van der Waals surface area contributed by atoms with Crippen LogP contribution < -0.4 is 14.4 Å². The molecule has 2 atom stereocenters. The highest BCUT2D eigenvalue weighted by molar-refractivity contribution is 7.92. The van der Waals surface area contributed by atoms with E-state index in [1.807, 2.05) is 52.0 Å². The average molecular weight is 584 g/mol. The number of benzene rings is 3. The zero-order valence-electron chi connectivity index (χ0n) is 24.1. The highest BCUT2D eigenvalue weighted by atomic mass is 32.2. The third-order valence-electron chi connectivity index (χ3n) is 6.89. The average Bonchev–Trinajstić information content (AvgIpc) is 2.95. The summed E-state index contributed by atoms with van der Waals surface area (Å²) < 4.78 is 47.8. The maximum atomic E-state index is 14.0. The molecule has 220 valence electrons. The van der Waals surface area contributed by atoms with E-state index in [-0.39, 0.29) is 29.1 Å². The van der Waals surface area contributed by atoms with E-state index in [4.69, 9.17) is 4.74 Å². The first-order valence-corrected chi connectivity index (χ1v) is 15.1. The Kier molecular flexibility index (Phi) is 10.9. The van der Waals surface area contributed by atoms with Gasteiger partial charge >= 0.3 is 0 Å². The molecule has 3 aromatic rings. The Bertz CT molecular complexity index is 1430. The van der Waals surface area contributed by atoms with Crippen molar-refractivity contribution in [1.82, 2.24) is 10.2 Å². The van der Waals surface area contributed by atoms with Crippen LogP contribution >= 0.6 is 0 Å². The summed E-state index contributed by atoms with van der Waals surface area (Å²) >= 11 is 0. The largest absolute Gasteiger partial charge is 0.494 e. The minimum Gasteiger partial charge on any atom is -0.494 e. The van der Waals surface area contributed by atoms with Crippen molar-refractivity contribution in [3.05, 3.63) is 89.7 Å². The van der Waals surface area contributed by atoms with Crippen LogP contribution in [0.5, 0.6) is 5.75 Å². The van der Waals surface area contributed by atoms with Crippen molar-refractivity contribution >= 4 is 27.5 Å². The Morgan fingerprint density at radius 1 is 0.951 bits per heavy atom. The van der Waals surface area contributed by atoms with Crippen molar-refractivity contribution in [3.8, 4) is 5.75 Å². The van der Waals surface area contributed by atoms with Gasteiger partial charge in [-0.2, -0.15) is 0 Å². The smallest absolute Gasteiger partial charge is 0.264 e. The number of hydrogen-bond acceptors (Lipinski definition) is 5. The van der Waals surface area contributed by atoms with Crippen LogP contribution in [0.1, 0.15) is 45.2 Å². The minimum atomic E-state index is -4.30. The summed E-state index contributed by atoms with van der Waals surface area (Å²) in [6, 6.07) is 17.3. The molecule has 3 rings (SSSR count). The third kappa shape index (κ3) is 8.07. The van der Waals surface area contributed by atoms with Crippen LogP contribution in [0.2, 0.25) is 0 Å². The van der Waals surface area contributed by atoms with Gasteiger partial charge in [-0.05, 0) is 93.8 Å². The van der Waals surface area contributed by atoms with Crippen molar-refractivity contribution in [2.24, 2.45) is 0 Å². The molecule has 0 aliphatic rings. The molecule has 0 saturated heterocycles. The van der Waals surface area contributed by atoms with Gasteiger partial charge in [0.2, 0.25) is 11.8 Å². The lowest BCUT2D eigenvalue weighted by atomic mass is 10.1. The topological polar surface area (TPSA) is 96.0 Å². The Morgan fingerprint density at radius 2 is 1.59 bits per heavy atom. The van der Waals surface area contributed by atoms with E-state index < -0.39 is 34.3 Å². The molecule has 10 heteroatoms. The number of rotatable bonds is 13. The van der Waals surface area contributed by atoms with E-state index in [1.165, 1.54) is 4.90 Å². The first-order chi connectivity index (χ1) is 19.5. The molecule has 41 heavy (non-hydrogen) atoms. The van der Waals surface area contributed by atoms with E-state index in [1.54, 1.807) is 31.2 Å². The van der Waals surface area contributed by atoms with E-state index in [0.717, 1.165) is 39.7 Å². The molecule has 0 aliphatic heterocycles. The molecule has 0 aromatic heterocycles. The summed E-state index contributed by atoms with van der Waals surface area (Å²) in [7, 11) is -4.30. The number of carbonyl (C=O) groups excluding carboxylic acids is 2. The molecule has 0 aliphatic carbocycles. The van der Waals surface area contributed by atoms with Gasteiger partial charge in [-0.3, -0.25) is 13.9 Å². The predicted octanol–water partition coefficient (Wildman–Crippen LogP) is 5.06. The second-order valence-electron chi connectivity index (χ2n) is 9.83. The second-order valence-corrected chi connectivity index (χ2v) is 11.7. The van der Waals surface area contributed by atoms with Gasteiger partial charge in [0.1, 0.15) is 24.2 Å². The highest BCUT2D eigenvalue weighted by Gasteiger charge is 2.33. The predicted molar refractivity (Wildman–Crippen MR) is 158 cm³/mol. The van der Waals surface area contributed by atoms with Crippen LogP contribution in [0.15, 0.2) is 77.7 Å². The Labute approximate surface area is 242 Å². The van der Waals surface area contributed by atoms with Crippen LogP contribution in [-0.2, 0) is 26.2 Å². The quantitative estimate of drug-likeness (QED) is 0.304. The lowest BCUT2D eigenvalue weighted by Gasteiger charge is -2.32. The number of aryl methyl sites for hydroxylation is 1. The summed E-state index contributed by atoms with van der Waals surface area (Å²) in [5.41, 5.74) is 1.99. The summed E-state index contributed by atoms with van der Waals surface area (Å²) in [5.74, 6) is -0.952. The number of amides is 2. The lowest BCUT2D eigenvalue weighted by molar-refractivity contribution is -0.139. The molecule has 1 N–H and O–H groups in total. The molecule has 0 bridgehead atoms. The Balaban J connectivity index is 2.04. The number of ether oxygens (including phenoxy) is 1. The molecular weight excluding hydrogens is 545 g/mol. The van der Waals surface area contributed by atoms with Gasteiger partial charge in [0.05, 0.1) is 17.2 Å². The SMILES string of the molecule is CCOc1ccc(N(CC(=O)N(Cc2ccccc2C)[C@@H](C)C(=O)N[C@H](C)CC)S(=O)(=O)c2ccc(F)cc2)cc1. The molecule has 0 saturated carbocycles. The van der Waals surface area contributed by atoms with Crippen LogP contribution in [0.3, 0.4) is 0 Å². The van der Waals surface area contributed by atoms with Crippen LogP contribution in [0.4, 0.5) is 10.1 Å². The van der Waals surface area contributed by atoms with Crippen LogP contribution in [-0.4, -0.2) is 50.4 Å². The number of nitrogens with zero attached hydrogens (tertiary/aromatic N) is 2. The van der Waals surface area contributed by atoms with Gasteiger partial charge in [0, 0.05) is 12.6 Å². The van der Waals surface area contributed by atoms with Gasteiger partial charge in [-0.15, -0.1) is 0 Å². The molecule has 8 nitrogen and oxygen atoms in total. The van der Waals surface area contributed by atoms with Gasteiger partial charge < -0.3 is 15.0 Å². The Morgan fingerprint density at radius 3 is 2.17 bits per heavy atom. The fraction of sp³-hybridized carbons (Fsp3) is 0.355. The summed E-state index contributed by atoms with van der Waals surface area (Å²) in [6.45, 7) is 9.15. The van der Waals surface area contributed by atoms with E-state index in [9.17, 15) is 22.4 Å². The van der Waals surface area contributed by atoms with Gasteiger partial charge in [-0.1, -0.05) is 31.2 Å². The first-order valence-electron chi connectivity index (χ1n) is 13.6. The van der Waals surface area contributed by atoms with E-state index >= 15 is 0 Å². The molecule has 3 aromatic carbocycles. The fourth-order valence-electron chi connectivity index (χ4n) is 4.16. The van der Waals surface area contributed by atoms with Crippen molar-refractivity contribution < 1.29 is 27.1 Å². The molecule has 2 amide bonds. The highest BCUT2D eigenvalue weighted by Crippen LogP contribution is 2.27. The second kappa shape index (κ2) is 14.1. The monoisotopic (exact) mass is 583 g/mol. The van der Waals surface area contributed by atoms with Crippen molar-refractivity contribution in [2.45, 2.75) is 64.6 Å². The fourth-order valence-corrected chi connectivity index (χ4v) is 5.57. The number of sulfonamides is 1. The lowest BCUT2D eigenvalue weighted by Crippen LogP contribution is -2.52. The molecular formula is C31H38FN3O5S. The molecule has 0 radical (unpaired) electrons. The van der Waals surface area contributed by atoms with E-state index in [2.05, 4.69) is 5.32 Å². The third-order valence-corrected chi connectivity index (χ3v) is 8.67. The van der Waals surface area contributed by atoms with Crippen molar-refractivity contribution in [2.75, 3.05) is 17.5 Å². The number of anilines is 1. The molecule has 0 spiro atoms. The number of nitrogens with one attached hydrogen (secondary N) is 1. The number of carbonyl (C=O) groups is 2. The van der Waals surface area contributed by atoms with Crippen molar-refractivity contribution in [1.29, 1.82) is 0 Å². The first kappa shape index (κ1) is 31.6. The van der Waals surface area contributed by atoms with Gasteiger partial charge in [0.15, 0.2) is 0 Å². The maximum absolute atomic E-state index is 14.0. The van der Waals surface area contributed by atoms with Crippen LogP contribution in [0, 0.1) is 12.7 Å². The molecule has 0 fully saturated rings. The zero-order chi connectivity index (χ0) is 30.2. The number of hydrogen-bond donors (Lipinski definition) is 1. The Hall–Kier alpha value is -3.92. The zero-order valence-corrected chi connectivity index (χ0v) is 24.9. The van der Waals surface area contributed by atoms with Crippen molar-refractivity contribution in [3.63, 3.8) is 0 Å². The molecule has 0 unspecified atom stereocenters. The van der Waals surface area contributed by atoms with Gasteiger partial charge in [-0.25, -0.2) is 12.8 Å². The normalized spacial score (nSPS) is 12.7. The standard InChI is InChI=1S/C31H38FN3O5S/c1-6-23(4)33-31(37)24(5)34(20-25-11-9-8-10-22(25)3)30(36)21-35(27-14-16-28(17-15-27)40-7-2)41(38,39)29-18-12-26(32)13-19-29/h8-19,23-24H,6-7,20-21H2,1-5H3,(H,33,37)/t23-,24+/m1/s1. The molecule has 0 heterocycles. The maximum Gasteiger partial charge on any atom is 0.264 e. The number of halogens is 1. The van der Waals surface area contributed by atoms with E-state index in [0.29, 0.717) is 18.8 Å². The summed E-state index contributed by atoms with van der Waals surface area (Å²) in [6.07, 6.45) is 0.714. The summed E-state index contributed by atoms with van der Waals surface area (Å²) in [5, 5.41) is 2.92. The minimum absolute atomic E-state index is 0.0976. The summed E-state index contributed by atoms with van der Waals surface area (Å²) in [4.78, 5) is 28.4. The van der Waals surface area contributed by atoms with Crippen LogP contribution in [0.25, 0.3) is 0 Å². The van der Waals surface area contributed by atoms with Gasteiger partial charge in [0.25, 0.3) is 10.0 Å².